The first kappa shape index (κ1) is 15.2. The van der Waals surface area contributed by atoms with Crippen LogP contribution in [0.15, 0.2) is 0 Å². The van der Waals surface area contributed by atoms with Crippen LogP contribution in [0.1, 0.15) is 39.0 Å². The lowest BCUT2D eigenvalue weighted by molar-refractivity contribution is 0.164. The van der Waals surface area contributed by atoms with Crippen molar-refractivity contribution in [2.75, 3.05) is 33.2 Å². The summed E-state index contributed by atoms with van der Waals surface area (Å²) in [5.74, 6) is 0.612. The van der Waals surface area contributed by atoms with Gasteiger partial charge in [0, 0.05) is 19.6 Å². The topological polar surface area (TPSA) is 61.4 Å². The number of rotatable bonds is 6. The van der Waals surface area contributed by atoms with E-state index in [0.29, 0.717) is 25.6 Å². The highest BCUT2D eigenvalue weighted by molar-refractivity contribution is 7.87. The van der Waals surface area contributed by atoms with Crippen LogP contribution < -0.4 is 10.0 Å². The monoisotopic (exact) mass is 289 g/mol. The van der Waals surface area contributed by atoms with Crippen LogP contribution in [0.2, 0.25) is 0 Å². The maximum Gasteiger partial charge on any atom is 0.279 e. The third-order valence-electron chi connectivity index (χ3n) is 4.65. The van der Waals surface area contributed by atoms with Crippen LogP contribution in [0.5, 0.6) is 0 Å². The molecule has 19 heavy (non-hydrogen) atoms. The molecule has 1 aliphatic carbocycles. The molecule has 1 saturated heterocycles. The predicted molar refractivity (Wildman–Crippen MR) is 77.1 cm³/mol. The van der Waals surface area contributed by atoms with Gasteiger partial charge in [-0.3, -0.25) is 0 Å². The maximum atomic E-state index is 12.2. The second-order valence-corrected chi connectivity index (χ2v) is 8.15. The zero-order valence-corrected chi connectivity index (χ0v) is 12.9. The summed E-state index contributed by atoms with van der Waals surface area (Å²) in [6, 6.07) is 0. The van der Waals surface area contributed by atoms with Gasteiger partial charge in [0.1, 0.15) is 0 Å². The van der Waals surface area contributed by atoms with Crippen LogP contribution in [-0.2, 0) is 10.2 Å². The molecule has 1 saturated carbocycles. The van der Waals surface area contributed by atoms with Crippen molar-refractivity contribution in [3.63, 3.8) is 0 Å². The minimum absolute atomic E-state index is 0.192. The fourth-order valence-corrected chi connectivity index (χ4v) is 4.36. The predicted octanol–water partition coefficient (Wildman–Crippen LogP) is 0.942. The van der Waals surface area contributed by atoms with E-state index < -0.39 is 10.2 Å². The average molecular weight is 289 g/mol. The highest BCUT2D eigenvalue weighted by atomic mass is 32.2. The molecule has 0 aromatic rings. The first-order valence-electron chi connectivity index (χ1n) is 7.34. The largest absolute Gasteiger partial charge is 0.319 e. The Labute approximate surface area is 117 Å². The quantitative estimate of drug-likeness (QED) is 0.765. The molecule has 2 fully saturated rings. The minimum atomic E-state index is -3.27. The van der Waals surface area contributed by atoms with Crippen LogP contribution in [0.3, 0.4) is 0 Å². The molecule has 0 aromatic heterocycles. The molecule has 6 heteroatoms. The van der Waals surface area contributed by atoms with E-state index in [9.17, 15) is 8.42 Å². The Morgan fingerprint density at radius 1 is 1.26 bits per heavy atom. The lowest BCUT2D eigenvalue weighted by Gasteiger charge is -2.39. The number of nitrogens with one attached hydrogen (secondary N) is 2. The molecule has 112 valence electrons. The summed E-state index contributed by atoms with van der Waals surface area (Å²) in [5, 5.41) is 3.17. The van der Waals surface area contributed by atoms with Gasteiger partial charge in [-0.15, -0.1) is 0 Å². The lowest BCUT2D eigenvalue weighted by Crippen LogP contribution is -2.49. The zero-order valence-electron chi connectivity index (χ0n) is 12.1. The Kier molecular flexibility index (Phi) is 4.87. The number of piperidine rings is 1. The van der Waals surface area contributed by atoms with E-state index >= 15 is 0 Å². The van der Waals surface area contributed by atoms with Crippen LogP contribution in [0, 0.1) is 11.3 Å². The van der Waals surface area contributed by atoms with E-state index in [1.807, 2.05) is 7.05 Å². The Morgan fingerprint density at radius 3 is 2.37 bits per heavy atom. The molecule has 0 unspecified atom stereocenters. The Morgan fingerprint density at radius 2 is 1.89 bits per heavy atom. The molecule has 0 radical (unpaired) electrons. The summed E-state index contributed by atoms with van der Waals surface area (Å²) < 4.78 is 28.9. The van der Waals surface area contributed by atoms with Crippen molar-refractivity contribution in [3.05, 3.63) is 0 Å². The Balaban J connectivity index is 1.80. The van der Waals surface area contributed by atoms with Gasteiger partial charge < -0.3 is 5.32 Å². The molecule has 2 aliphatic rings. The van der Waals surface area contributed by atoms with Crippen molar-refractivity contribution in [3.8, 4) is 0 Å². The lowest BCUT2D eigenvalue weighted by atomic mass is 9.71. The fourth-order valence-electron chi connectivity index (χ4n) is 2.96. The van der Waals surface area contributed by atoms with E-state index in [1.165, 1.54) is 6.42 Å². The second kappa shape index (κ2) is 6.08. The van der Waals surface area contributed by atoms with Crippen LogP contribution in [0.4, 0.5) is 0 Å². The van der Waals surface area contributed by atoms with Gasteiger partial charge in [0.15, 0.2) is 0 Å². The molecule has 0 amide bonds. The van der Waals surface area contributed by atoms with Crippen molar-refractivity contribution in [2.24, 2.45) is 11.3 Å². The molecular formula is C13H27N3O2S. The highest BCUT2D eigenvalue weighted by Gasteiger charge is 2.34. The number of hydrogen-bond donors (Lipinski definition) is 2. The van der Waals surface area contributed by atoms with E-state index in [-0.39, 0.29) is 5.41 Å². The molecule has 1 aliphatic heterocycles. The van der Waals surface area contributed by atoms with E-state index in [0.717, 1.165) is 32.2 Å². The summed E-state index contributed by atoms with van der Waals surface area (Å²) in [4.78, 5) is 0. The van der Waals surface area contributed by atoms with E-state index in [2.05, 4.69) is 17.0 Å². The Hall–Kier alpha value is -0.170. The van der Waals surface area contributed by atoms with Gasteiger partial charge in [0.25, 0.3) is 10.2 Å². The summed E-state index contributed by atoms with van der Waals surface area (Å²) in [7, 11) is -1.32. The summed E-state index contributed by atoms with van der Waals surface area (Å²) in [6.45, 7) is 5.04. The molecule has 2 N–H and O–H groups in total. The normalized spacial score (nSPS) is 25.2. The third kappa shape index (κ3) is 3.90. The van der Waals surface area contributed by atoms with Gasteiger partial charge in [-0.05, 0) is 50.6 Å². The van der Waals surface area contributed by atoms with E-state index in [1.54, 1.807) is 4.31 Å². The smallest absolute Gasteiger partial charge is 0.279 e. The van der Waals surface area contributed by atoms with Crippen molar-refractivity contribution >= 4 is 10.2 Å². The average Bonchev–Trinajstić information content (AvgIpc) is 2.35. The minimum Gasteiger partial charge on any atom is -0.319 e. The molecule has 0 spiro atoms. The SMILES string of the molecule is CNCC1CCN(S(=O)(=O)NCC2(C)CCC2)CC1. The summed E-state index contributed by atoms with van der Waals surface area (Å²) in [6.07, 6.45) is 5.42. The van der Waals surface area contributed by atoms with E-state index in [4.69, 9.17) is 0 Å². The van der Waals surface area contributed by atoms with Gasteiger partial charge in [-0.25, -0.2) is 4.72 Å². The van der Waals surface area contributed by atoms with Gasteiger partial charge in [0.2, 0.25) is 0 Å². The molecular weight excluding hydrogens is 262 g/mol. The third-order valence-corrected chi connectivity index (χ3v) is 6.20. The first-order valence-corrected chi connectivity index (χ1v) is 8.79. The fraction of sp³-hybridized carbons (Fsp3) is 1.00. The van der Waals surface area contributed by atoms with Gasteiger partial charge >= 0.3 is 0 Å². The highest BCUT2D eigenvalue weighted by Crippen LogP contribution is 2.39. The molecule has 0 aromatic carbocycles. The molecule has 2 rings (SSSR count). The zero-order chi connectivity index (χ0) is 13.9. The van der Waals surface area contributed by atoms with Crippen molar-refractivity contribution in [2.45, 2.75) is 39.0 Å². The standard InChI is InChI=1S/C13H27N3O2S/c1-13(6-3-7-13)11-15-19(17,18)16-8-4-12(5-9-16)10-14-2/h12,14-15H,3-11H2,1-2H3. The number of hydrogen-bond acceptors (Lipinski definition) is 3. The molecule has 0 bridgehead atoms. The van der Waals surface area contributed by atoms with Crippen LogP contribution in [0.25, 0.3) is 0 Å². The Bertz CT molecular complexity index is 385. The second-order valence-electron chi connectivity index (χ2n) is 6.39. The summed E-state index contributed by atoms with van der Waals surface area (Å²) in [5.41, 5.74) is 0.192. The van der Waals surface area contributed by atoms with Crippen LogP contribution in [-0.4, -0.2) is 45.9 Å². The molecule has 1 heterocycles. The van der Waals surface area contributed by atoms with Crippen LogP contribution >= 0.6 is 0 Å². The van der Waals surface area contributed by atoms with Crippen molar-refractivity contribution in [1.82, 2.24) is 14.3 Å². The van der Waals surface area contributed by atoms with Gasteiger partial charge in [0.05, 0.1) is 0 Å². The van der Waals surface area contributed by atoms with Crippen molar-refractivity contribution < 1.29 is 8.42 Å². The summed E-state index contributed by atoms with van der Waals surface area (Å²) >= 11 is 0. The van der Waals surface area contributed by atoms with Gasteiger partial charge in [-0.2, -0.15) is 12.7 Å². The van der Waals surface area contributed by atoms with Gasteiger partial charge in [-0.1, -0.05) is 13.3 Å². The first-order chi connectivity index (χ1) is 8.95. The van der Waals surface area contributed by atoms with Crippen molar-refractivity contribution in [1.29, 1.82) is 0 Å². The molecule has 5 nitrogen and oxygen atoms in total. The number of nitrogens with zero attached hydrogens (tertiary/aromatic N) is 1. The molecule has 0 atom stereocenters. The maximum absolute atomic E-state index is 12.2.